The zero-order valence-corrected chi connectivity index (χ0v) is 17.1. The quantitative estimate of drug-likeness (QED) is 0.762. The molecule has 0 saturated carbocycles. The van der Waals surface area contributed by atoms with E-state index < -0.39 is 0 Å². The van der Waals surface area contributed by atoms with Gasteiger partial charge < -0.3 is 14.5 Å². The molecule has 0 atom stereocenters. The molecule has 2 aliphatic heterocycles. The fourth-order valence-corrected chi connectivity index (χ4v) is 4.22. The molecule has 3 heterocycles. The first-order valence-corrected chi connectivity index (χ1v) is 10.4. The normalized spacial score (nSPS) is 18.1. The zero-order valence-electron chi connectivity index (χ0n) is 16.3. The Morgan fingerprint density at radius 1 is 1.10 bits per heavy atom. The van der Waals surface area contributed by atoms with Crippen LogP contribution in [0.4, 0.5) is 5.69 Å². The zero-order chi connectivity index (χ0) is 20.2. The number of amides is 1. The van der Waals surface area contributed by atoms with Crippen molar-refractivity contribution in [2.45, 2.75) is 19.4 Å². The highest BCUT2D eigenvalue weighted by Crippen LogP contribution is 2.28. The Morgan fingerprint density at radius 2 is 1.79 bits per heavy atom. The second-order valence-corrected chi connectivity index (χ2v) is 7.87. The van der Waals surface area contributed by atoms with Crippen molar-refractivity contribution in [1.29, 1.82) is 0 Å². The number of rotatable bonds is 4. The number of benzene rings is 1. The Kier molecular flexibility index (Phi) is 6.16. The topological polar surface area (TPSA) is 67.7 Å². The Labute approximate surface area is 174 Å². The fourth-order valence-electron chi connectivity index (χ4n) is 3.96. The van der Waals surface area contributed by atoms with E-state index in [2.05, 4.69) is 10.00 Å². The number of carbonyl (C=O) groups is 1. The number of hydrogen-bond acceptors (Lipinski definition) is 5. The predicted octanol–water partition coefficient (Wildman–Crippen LogP) is 2.02. The number of piperidine rings is 1. The lowest BCUT2D eigenvalue weighted by Crippen LogP contribution is -2.47. The van der Waals surface area contributed by atoms with Gasteiger partial charge >= 0.3 is 0 Å². The largest absolute Gasteiger partial charge is 0.378 e. The Morgan fingerprint density at radius 3 is 2.48 bits per heavy atom. The van der Waals surface area contributed by atoms with Gasteiger partial charge in [-0.2, -0.15) is 5.10 Å². The molecule has 1 aromatic heterocycles. The lowest BCUT2D eigenvalue weighted by Gasteiger charge is -2.36. The van der Waals surface area contributed by atoms with Gasteiger partial charge in [-0.3, -0.25) is 9.59 Å². The molecule has 0 radical (unpaired) electrons. The Bertz CT molecular complexity index is 904. The smallest absolute Gasteiger partial charge is 0.287 e. The van der Waals surface area contributed by atoms with E-state index in [0.717, 1.165) is 18.4 Å². The molecule has 0 spiro atoms. The predicted molar refractivity (Wildman–Crippen MR) is 111 cm³/mol. The van der Waals surface area contributed by atoms with Gasteiger partial charge in [0.15, 0.2) is 0 Å². The van der Waals surface area contributed by atoms with Gasteiger partial charge in [0.2, 0.25) is 5.91 Å². The van der Waals surface area contributed by atoms with E-state index in [0.29, 0.717) is 51.6 Å². The number of carbonyl (C=O) groups excluding carboxylic acids is 1. The highest BCUT2D eigenvalue weighted by atomic mass is 35.5. The highest BCUT2D eigenvalue weighted by molar-refractivity contribution is 6.33. The maximum atomic E-state index is 12.7. The standard InChI is InChI=1S/C21H25ClN4O3/c22-19-18(14-23-26(21(19)28)15-16-4-2-1-3-5-16)24-8-6-17(7-9-24)20(27)25-10-12-29-13-11-25/h1-5,14,17H,6-13,15H2. The lowest BCUT2D eigenvalue weighted by molar-refractivity contribution is -0.140. The number of hydrogen-bond donors (Lipinski definition) is 0. The molecule has 0 aliphatic carbocycles. The van der Waals surface area contributed by atoms with E-state index >= 15 is 0 Å². The lowest BCUT2D eigenvalue weighted by atomic mass is 9.95. The summed E-state index contributed by atoms with van der Waals surface area (Å²) in [5, 5.41) is 4.51. The second-order valence-electron chi connectivity index (χ2n) is 7.49. The molecule has 0 unspecified atom stereocenters. The molecule has 1 amide bonds. The molecule has 29 heavy (non-hydrogen) atoms. The van der Waals surface area contributed by atoms with Crippen molar-refractivity contribution in [3.63, 3.8) is 0 Å². The van der Waals surface area contributed by atoms with Gasteiger partial charge in [0.05, 0.1) is 31.6 Å². The summed E-state index contributed by atoms with van der Waals surface area (Å²) in [4.78, 5) is 29.3. The third kappa shape index (κ3) is 4.46. The molecule has 2 aliphatic rings. The number of nitrogens with zero attached hydrogens (tertiary/aromatic N) is 4. The molecule has 2 saturated heterocycles. The summed E-state index contributed by atoms with van der Waals surface area (Å²) < 4.78 is 6.71. The van der Waals surface area contributed by atoms with Crippen LogP contribution in [0.25, 0.3) is 0 Å². The number of anilines is 1. The average Bonchev–Trinajstić information content (AvgIpc) is 2.78. The maximum Gasteiger partial charge on any atom is 0.287 e. The number of aromatic nitrogens is 2. The molecule has 0 bridgehead atoms. The summed E-state index contributed by atoms with van der Waals surface area (Å²) in [6, 6.07) is 9.69. The van der Waals surface area contributed by atoms with E-state index in [4.69, 9.17) is 16.3 Å². The van der Waals surface area contributed by atoms with Gasteiger partial charge in [-0.05, 0) is 18.4 Å². The summed E-state index contributed by atoms with van der Waals surface area (Å²) in [5.74, 6) is 0.241. The van der Waals surface area contributed by atoms with Crippen molar-refractivity contribution >= 4 is 23.2 Å². The average molecular weight is 417 g/mol. The minimum atomic E-state index is -0.292. The molecule has 154 valence electrons. The Hall–Kier alpha value is -2.38. The first kappa shape index (κ1) is 19.9. The van der Waals surface area contributed by atoms with Crippen LogP contribution >= 0.6 is 11.6 Å². The molecule has 2 aromatic rings. The first-order valence-electron chi connectivity index (χ1n) is 10.0. The van der Waals surface area contributed by atoms with Crippen LogP contribution in [0.15, 0.2) is 41.3 Å². The minimum Gasteiger partial charge on any atom is -0.378 e. The van der Waals surface area contributed by atoms with Crippen LogP contribution in [0.2, 0.25) is 5.02 Å². The van der Waals surface area contributed by atoms with Crippen LogP contribution in [0, 0.1) is 5.92 Å². The van der Waals surface area contributed by atoms with Crippen molar-refractivity contribution in [3.8, 4) is 0 Å². The van der Waals surface area contributed by atoms with Crippen LogP contribution < -0.4 is 10.5 Å². The number of halogens is 1. The SMILES string of the molecule is O=C(C1CCN(c2cnn(Cc3ccccc3)c(=O)c2Cl)CC1)N1CCOCC1. The van der Waals surface area contributed by atoms with E-state index in [-0.39, 0.29) is 22.4 Å². The molecule has 8 heteroatoms. The summed E-state index contributed by atoms with van der Waals surface area (Å²) in [6.07, 6.45) is 3.16. The fraction of sp³-hybridized carbons (Fsp3) is 0.476. The molecule has 0 N–H and O–H groups in total. The van der Waals surface area contributed by atoms with Gasteiger partial charge in [-0.25, -0.2) is 4.68 Å². The molecule has 2 fully saturated rings. The van der Waals surface area contributed by atoms with Crippen LogP contribution in [0.5, 0.6) is 0 Å². The first-order chi connectivity index (χ1) is 14.1. The van der Waals surface area contributed by atoms with E-state index in [9.17, 15) is 9.59 Å². The van der Waals surface area contributed by atoms with E-state index in [1.54, 1.807) is 6.20 Å². The maximum absolute atomic E-state index is 12.7. The van der Waals surface area contributed by atoms with Crippen LogP contribution in [0.3, 0.4) is 0 Å². The molecule has 1 aromatic carbocycles. The van der Waals surface area contributed by atoms with Crippen LogP contribution in [-0.4, -0.2) is 60.0 Å². The second kappa shape index (κ2) is 8.97. The van der Waals surface area contributed by atoms with Gasteiger partial charge in [0.1, 0.15) is 5.02 Å². The summed E-state index contributed by atoms with van der Waals surface area (Å²) in [7, 11) is 0. The van der Waals surface area contributed by atoms with Crippen molar-refractivity contribution in [1.82, 2.24) is 14.7 Å². The Balaban J connectivity index is 1.41. The molecular formula is C21H25ClN4O3. The molecule has 4 rings (SSSR count). The number of morpholine rings is 1. The van der Waals surface area contributed by atoms with Gasteiger partial charge in [0, 0.05) is 32.1 Å². The van der Waals surface area contributed by atoms with Crippen molar-refractivity contribution in [3.05, 3.63) is 57.5 Å². The van der Waals surface area contributed by atoms with Gasteiger partial charge in [-0.1, -0.05) is 41.9 Å². The summed E-state index contributed by atoms with van der Waals surface area (Å²) in [5.41, 5.74) is 1.35. The molecular weight excluding hydrogens is 392 g/mol. The third-order valence-electron chi connectivity index (χ3n) is 5.65. The van der Waals surface area contributed by atoms with E-state index in [1.165, 1.54) is 4.68 Å². The van der Waals surface area contributed by atoms with Gasteiger partial charge in [-0.15, -0.1) is 0 Å². The van der Waals surface area contributed by atoms with Crippen molar-refractivity contribution in [2.24, 2.45) is 5.92 Å². The monoisotopic (exact) mass is 416 g/mol. The number of ether oxygens (including phenoxy) is 1. The third-order valence-corrected chi connectivity index (χ3v) is 6.00. The van der Waals surface area contributed by atoms with Gasteiger partial charge in [0.25, 0.3) is 5.56 Å². The van der Waals surface area contributed by atoms with E-state index in [1.807, 2.05) is 35.2 Å². The van der Waals surface area contributed by atoms with Crippen LogP contribution in [0.1, 0.15) is 18.4 Å². The minimum absolute atomic E-state index is 0.0227. The molecule has 7 nitrogen and oxygen atoms in total. The summed E-state index contributed by atoms with van der Waals surface area (Å²) >= 11 is 6.41. The summed E-state index contributed by atoms with van der Waals surface area (Å²) in [6.45, 7) is 4.34. The van der Waals surface area contributed by atoms with Crippen molar-refractivity contribution < 1.29 is 9.53 Å². The van der Waals surface area contributed by atoms with Crippen molar-refractivity contribution in [2.75, 3.05) is 44.3 Å². The van der Waals surface area contributed by atoms with Crippen LogP contribution in [-0.2, 0) is 16.1 Å². The highest BCUT2D eigenvalue weighted by Gasteiger charge is 2.30.